The SMILES string of the molecule is CCOC(=O)C1C(=O)c2ccccc2N=C1OC. The number of aliphatic imine (C=N–C) groups is 1. The van der Waals surface area contributed by atoms with Crippen LogP contribution in [0.3, 0.4) is 0 Å². The van der Waals surface area contributed by atoms with E-state index in [1.807, 2.05) is 0 Å². The molecule has 0 fully saturated rings. The fraction of sp³-hybridized carbons (Fsp3) is 0.308. The van der Waals surface area contributed by atoms with E-state index < -0.39 is 11.9 Å². The number of carbonyl (C=O) groups excluding carboxylic acids is 2. The number of esters is 1. The lowest BCUT2D eigenvalue weighted by molar-refractivity contribution is -0.144. The smallest absolute Gasteiger partial charge is 0.326 e. The third kappa shape index (κ3) is 1.99. The Morgan fingerprint density at radius 3 is 2.78 bits per heavy atom. The van der Waals surface area contributed by atoms with Crippen molar-refractivity contribution in [3.63, 3.8) is 0 Å². The van der Waals surface area contributed by atoms with E-state index in [0.717, 1.165) is 0 Å². The van der Waals surface area contributed by atoms with Gasteiger partial charge in [0.15, 0.2) is 11.7 Å². The van der Waals surface area contributed by atoms with Gasteiger partial charge in [-0.2, -0.15) is 0 Å². The van der Waals surface area contributed by atoms with Crippen molar-refractivity contribution in [2.45, 2.75) is 6.92 Å². The molecule has 1 aliphatic heterocycles. The molecular formula is C13H13NO4. The third-order valence-corrected chi connectivity index (χ3v) is 2.64. The average Bonchev–Trinajstić information content (AvgIpc) is 2.38. The number of para-hydroxylation sites is 1. The van der Waals surface area contributed by atoms with Crippen molar-refractivity contribution in [2.75, 3.05) is 13.7 Å². The summed E-state index contributed by atoms with van der Waals surface area (Å²) in [4.78, 5) is 28.2. The number of rotatable bonds is 2. The number of methoxy groups -OCH3 is 1. The van der Waals surface area contributed by atoms with E-state index in [1.54, 1.807) is 31.2 Å². The Kier molecular flexibility index (Phi) is 3.41. The van der Waals surface area contributed by atoms with Gasteiger partial charge in [-0.15, -0.1) is 0 Å². The first kappa shape index (κ1) is 12.3. The van der Waals surface area contributed by atoms with Crippen LogP contribution < -0.4 is 0 Å². The van der Waals surface area contributed by atoms with Crippen LogP contribution in [0.5, 0.6) is 0 Å². The summed E-state index contributed by atoms with van der Waals surface area (Å²) >= 11 is 0. The molecule has 0 N–H and O–H groups in total. The van der Waals surface area contributed by atoms with Crippen molar-refractivity contribution in [1.29, 1.82) is 0 Å². The summed E-state index contributed by atoms with van der Waals surface area (Å²) in [5, 5.41) is 0. The summed E-state index contributed by atoms with van der Waals surface area (Å²) in [5.41, 5.74) is 0.927. The molecule has 0 radical (unpaired) electrons. The van der Waals surface area contributed by atoms with Crippen LogP contribution in [0, 0.1) is 5.92 Å². The zero-order valence-electron chi connectivity index (χ0n) is 10.2. The number of Topliss-reactive ketones (excluding diaryl/α,β-unsaturated/α-hetero) is 1. The van der Waals surface area contributed by atoms with Gasteiger partial charge in [0.05, 0.1) is 19.4 Å². The van der Waals surface area contributed by atoms with Gasteiger partial charge in [-0.1, -0.05) is 12.1 Å². The number of nitrogens with zero attached hydrogens (tertiary/aromatic N) is 1. The molecule has 0 aliphatic carbocycles. The Hall–Kier alpha value is -2.17. The first-order valence-electron chi connectivity index (χ1n) is 5.61. The lowest BCUT2D eigenvalue weighted by Gasteiger charge is -2.20. The van der Waals surface area contributed by atoms with Gasteiger partial charge in [-0.05, 0) is 19.1 Å². The molecule has 1 unspecified atom stereocenters. The Bertz CT molecular complexity index is 521. The van der Waals surface area contributed by atoms with Gasteiger partial charge in [0.2, 0.25) is 5.90 Å². The minimum absolute atomic E-state index is 0.0807. The quantitative estimate of drug-likeness (QED) is 0.589. The van der Waals surface area contributed by atoms with Crippen LogP contribution in [0.4, 0.5) is 5.69 Å². The molecule has 0 aromatic heterocycles. The highest BCUT2D eigenvalue weighted by Gasteiger charge is 2.39. The zero-order valence-corrected chi connectivity index (χ0v) is 10.2. The Labute approximate surface area is 104 Å². The molecule has 5 heteroatoms. The maximum absolute atomic E-state index is 12.2. The second-order valence-electron chi connectivity index (χ2n) is 3.72. The van der Waals surface area contributed by atoms with Gasteiger partial charge >= 0.3 is 5.97 Å². The second kappa shape index (κ2) is 5.00. The number of ether oxygens (including phenoxy) is 2. The monoisotopic (exact) mass is 247 g/mol. The van der Waals surface area contributed by atoms with Crippen molar-refractivity contribution in [2.24, 2.45) is 10.9 Å². The number of benzene rings is 1. The predicted molar refractivity (Wildman–Crippen MR) is 65.0 cm³/mol. The predicted octanol–water partition coefficient (Wildman–Crippen LogP) is 1.74. The van der Waals surface area contributed by atoms with Gasteiger partial charge in [0, 0.05) is 5.56 Å². The van der Waals surface area contributed by atoms with Crippen LogP contribution in [0.1, 0.15) is 17.3 Å². The van der Waals surface area contributed by atoms with Crippen molar-refractivity contribution < 1.29 is 19.1 Å². The lowest BCUT2D eigenvalue weighted by atomic mass is 9.93. The average molecular weight is 247 g/mol. The molecule has 0 amide bonds. The van der Waals surface area contributed by atoms with E-state index in [1.165, 1.54) is 7.11 Å². The van der Waals surface area contributed by atoms with E-state index in [0.29, 0.717) is 11.3 Å². The second-order valence-corrected chi connectivity index (χ2v) is 3.72. The number of hydrogen-bond donors (Lipinski definition) is 0. The minimum atomic E-state index is -1.09. The molecule has 0 spiro atoms. The molecule has 1 heterocycles. The van der Waals surface area contributed by atoms with Gasteiger partial charge in [0.1, 0.15) is 0 Å². The fourth-order valence-electron chi connectivity index (χ4n) is 1.83. The molecule has 5 nitrogen and oxygen atoms in total. The molecule has 0 saturated carbocycles. The Morgan fingerprint density at radius 1 is 1.39 bits per heavy atom. The van der Waals surface area contributed by atoms with Gasteiger partial charge in [-0.3, -0.25) is 9.59 Å². The molecule has 1 atom stereocenters. The highest BCUT2D eigenvalue weighted by Crippen LogP contribution is 2.29. The molecule has 94 valence electrons. The van der Waals surface area contributed by atoms with Crippen LogP contribution in [0.2, 0.25) is 0 Å². The normalized spacial score (nSPS) is 17.8. The van der Waals surface area contributed by atoms with Gasteiger partial charge in [-0.25, -0.2) is 4.99 Å². The first-order chi connectivity index (χ1) is 8.69. The van der Waals surface area contributed by atoms with Crippen LogP contribution >= 0.6 is 0 Å². The van der Waals surface area contributed by atoms with E-state index in [2.05, 4.69) is 4.99 Å². The fourth-order valence-corrected chi connectivity index (χ4v) is 1.83. The number of fused-ring (bicyclic) bond motifs is 1. The minimum Gasteiger partial charge on any atom is -0.483 e. The summed E-state index contributed by atoms with van der Waals surface area (Å²) in [7, 11) is 1.38. The van der Waals surface area contributed by atoms with Crippen LogP contribution in [0.25, 0.3) is 0 Å². The van der Waals surface area contributed by atoms with Gasteiger partial charge in [0.25, 0.3) is 0 Å². The van der Waals surface area contributed by atoms with E-state index in [-0.39, 0.29) is 18.3 Å². The Morgan fingerprint density at radius 2 is 2.11 bits per heavy atom. The summed E-state index contributed by atoms with van der Waals surface area (Å²) < 4.78 is 9.91. The van der Waals surface area contributed by atoms with E-state index >= 15 is 0 Å². The zero-order chi connectivity index (χ0) is 13.1. The molecule has 18 heavy (non-hydrogen) atoms. The summed E-state index contributed by atoms with van der Waals surface area (Å²) in [6.45, 7) is 1.89. The maximum Gasteiger partial charge on any atom is 0.326 e. The number of hydrogen-bond acceptors (Lipinski definition) is 5. The Balaban J connectivity index is 2.45. The summed E-state index contributed by atoms with van der Waals surface area (Å²) in [6, 6.07) is 6.84. The molecule has 1 aliphatic rings. The molecular weight excluding hydrogens is 234 g/mol. The van der Waals surface area contributed by atoms with Crippen LogP contribution in [0.15, 0.2) is 29.3 Å². The molecule has 1 aromatic rings. The van der Waals surface area contributed by atoms with Crippen molar-refractivity contribution in [3.8, 4) is 0 Å². The lowest BCUT2D eigenvalue weighted by Crippen LogP contribution is -2.36. The first-order valence-corrected chi connectivity index (χ1v) is 5.61. The van der Waals surface area contributed by atoms with Crippen LogP contribution in [-0.2, 0) is 14.3 Å². The highest BCUT2D eigenvalue weighted by atomic mass is 16.5. The van der Waals surface area contributed by atoms with Crippen molar-refractivity contribution >= 4 is 23.3 Å². The van der Waals surface area contributed by atoms with Crippen molar-refractivity contribution in [1.82, 2.24) is 0 Å². The molecule has 2 rings (SSSR count). The largest absolute Gasteiger partial charge is 0.483 e. The molecule has 0 saturated heterocycles. The number of carbonyl (C=O) groups is 2. The highest BCUT2D eigenvalue weighted by molar-refractivity contribution is 6.25. The molecule has 0 bridgehead atoms. The standard InChI is InChI=1S/C13H13NO4/c1-3-18-13(16)10-11(15)8-6-4-5-7-9(8)14-12(10)17-2/h4-7,10H,3H2,1-2H3. The van der Waals surface area contributed by atoms with E-state index in [9.17, 15) is 9.59 Å². The van der Waals surface area contributed by atoms with Gasteiger partial charge < -0.3 is 9.47 Å². The topological polar surface area (TPSA) is 65.0 Å². The number of ketones is 1. The third-order valence-electron chi connectivity index (χ3n) is 2.64. The van der Waals surface area contributed by atoms with E-state index in [4.69, 9.17) is 9.47 Å². The van der Waals surface area contributed by atoms with Crippen molar-refractivity contribution in [3.05, 3.63) is 29.8 Å². The maximum atomic E-state index is 12.2. The van der Waals surface area contributed by atoms with Crippen LogP contribution in [-0.4, -0.2) is 31.4 Å². The summed E-state index contributed by atoms with van der Waals surface area (Å²) in [6.07, 6.45) is 0. The summed E-state index contributed by atoms with van der Waals surface area (Å²) in [5.74, 6) is -1.98. The molecule has 1 aromatic carbocycles.